The Morgan fingerprint density at radius 3 is 2.19 bits per heavy atom. The van der Waals surface area contributed by atoms with E-state index in [2.05, 4.69) is 63.2 Å². The maximum Gasteiger partial charge on any atom is 0.0629 e. The highest BCUT2D eigenvalue weighted by molar-refractivity contribution is 5.33. The van der Waals surface area contributed by atoms with Crippen molar-refractivity contribution in [1.29, 1.82) is 0 Å². The highest BCUT2D eigenvalue weighted by Crippen LogP contribution is 2.24. The summed E-state index contributed by atoms with van der Waals surface area (Å²) in [5.74, 6) is 0. The van der Waals surface area contributed by atoms with E-state index in [4.69, 9.17) is 0 Å². The molecule has 1 heterocycles. The predicted octanol–water partition coefficient (Wildman–Crippen LogP) is 3.55. The Hall–Kier alpha value is -1.61. The molecule has 0 aliphatic rings. The Labute approximate surface area is 128 Å². The molecule has 0 fully saturated rings. The topological polar surface area (TPSA) is 29.9 Å². The van der Waals surface area contributed by atoms with Crippen LogP contribution in [0.4, 0.5) is 0 Å². The predicted molar refractivity (Wildman–Crippen MR) is 88.7 cm³/mol. The highest BCUT2D eigenvalue weighted by Gasteiger charge is 2.17. The van der Waals surface area contributed by atoms with Gasteiger partial charge in [-0.1, -0.05) is 36.2 Å². The largest absolute Gasteiger partial charge is 0.310 e. The minimum absolute atomic E-state index is 0.343. The molecule has 1 aromatic heterocycles. The van der Waals surface area contributed by atoms with Crippen molar-refractivity contribution in [3.8, 4) is 0 Å². The van der Waals surface area contributed by atoms with E-state index in [1.807, 2.05) is 11.7 Å². The molecule has 2 aromatic rings. The van der Waals surface area contributed by atoms with Crippen LogP contribution in [0, 0.1) is 27.7 Å². The number of hydrogen-bond donors (Lipinski definition) is 1. The summed E-state index contributed by atoms with van der Waals surface area (Å²) in [5.41, 5.74) is 7.79. The first-order chi connectivity index (χ1) is 9.92. The van der Waals surface area contributed by atoms with Gasteiger partial charge >= 0.3 is 0 Å². The molecule has 3 heteroatoms. The third-order valence-corrected chi connectivity index (χ3v) is 4.16. The first-order valence-electron chi connectivity index (χ1n) is 7.73. The molecule has 0 aliphatic carbocycles. The lowest BCUT2D eigenvalue weighted by Gasteiger charge is -2.20. The van der Waals surface area contributed by atoms with Crippen molar-refractivity contribution in [2.24, 2.45) is 7.05 Å². The monoisotopic (exact) mass is 285 g/mol. The van der Waals surface area contributed by atoms with Crippen molar-refractivity contribution in [2.45, 2.75) is 47.1 Å². The maximum atomic E-state index is 4.54. The number of aromatic nitrogens is 2. The number of hydrogen-bond acceptors (Lipinski definition) is 2. The van der Waals surface area contributed by atoms with Crippen LogP contribution in [-0.4, -0.2) is 16.3 Å². The van der Waals surface area contributed by atoms with Gasteiger partial charge in [-0.3, -0.25) is 4.68 Å². The van der Waals surface area contributed by atoms with E-state index >= 15 is 0 Å². The van der Waals surface area contributed by atoms with E-state index in [0.29, 0.717) is 6.04 Å². The fourth-order valence-corrected chi connectivity index (χ4v) is 3.08. The maximum absolute atomic E-state index is 4.54. The fraction of sp³-hybridized carbons (Fsp3) is 0.500. The van der Waals surface area contributed by atoms with Gasteiger partial charge < -0.3 is 5.32 Å². The van der Waals surface area contributed by atoms with Gasteiger partial charge in [0.05, 0.1) is 5.69 Å². The summed E-state index contributed by atoms with van der Waals surface area (Å²) in [7, 11) is 2.02. The lowest BCUT2D eigenvalue weighted by molar-refractivity contribution is 0.546. The zero-order valence-corrected chi connectivity index (χ0v) is 14.1. The summed E-state index contributed by atoms with van der Waals surface area (Å²) >= 11 is 0. The van der Waals surface area contributed by atoms with E-state index in [1.165, 1.54) is 27.9 Å². The highest BCUT2D eigenvalue weighted by atomic mass is 15.3. The van der Waals surface area contributed by atoms with Gasteiger partial charge in [-0.2, -0.15) is 5.10 Å². The lowest BCUT2D eigenvalue weighted by Crippen LogP contribution is -2.23. The van der Waals surface area contributed by atoms with Crippen LogP contribution in [0.25, 0.3) is 0 Å². The van der Waals surface area contributed by atoms with Crippen LogP contribution >= 0.6 is 0 Å². The van der Waals surface area contributed by atoms with Gasteiger partial charge in [-0.15, -0.1) is 0 Å². The molecule has 114 valence electrons. The molecule has 0 amide bonds. The molecule has 0 saturated heterocycles. The molecule has 2 rings (SSSR count). The molecule has 1 unspecified atom stereocenters. The molecule has 1 aromatic carbocycles. The molecule has 3 nitrogen and oxygen atoms in total. The summed E-state index contributed by atoms with van der Waals surface area (Å²) in [4.78, 5) is 0. The third-order valence-electron chi connectivity index (χ3n) is 4.16. The van der Waals surface area contributed by atoms with Gasteiger partial charge in [0.15, 0.2) is 0 Å². The first kappa shape index (κ1) is 15.8. The normalized spacial score (nSPS) is 12.7. The Morgan fingerprint density at radius 1 is 1.10 bits per heavy atom. The number of nitrogens with one attached hydrogen (secondary N) is 1. The summed E-state index contributed by atoms with van der Waals surface area (Å²) in [6.45, 7) is 11.7. The minimum Gasteiger partial charge on any atom is -0.310 e. The molecular weight excluding hydrogens is 258 g/mol. The summed E-state index contributed by atoms with van der Waals surface area (Å²) in [5, 5.41) is 8.17. The zero-order chi connectivity index (χ0) is 15.6. The molecule has 1 N–H and O–H groups in total. The molecule has 0 bridgehead atoms. The fourth-order valence-electron chi connectivity index (χ4n) is 3.08. The minimum atomic E-state index is 0.343. The Morgan fingerprint density at radius 2 is 1.71 bits per heavy atom. The second kappa shape index (κ2) is 6.44. The number of aryl methyl sites for hydroxylation is 4. The van der Waals surface area contributed by atoms with Crippen LogP contribution in [-0.2, 0) is 13.5 Å². The van der Waals surface area contributed by atoms with E-state index < -0.39 is 0 Å². The number of nitrogens with zero attached hydrogens (tertiary/aromatic N) is 2. The van der Waals surface area contributed by atoms with Crippen LogP contribution in [0.5, 0.6) is 0 Å². The van der Waals surface area contributed by atoms with Gasteiger partial charge in [0.1, 0.15) is 0 Å². The van der Waals surface area contributed by atoms with Crippen LogP contribution in [0.15, 0.2) is 18.2 Å². The Balaban J connectivity index is 2.35. The molecule has 21 heavy (non-hydrogen) atoms. The van der Waals surface area contributed by atoms with Gasteiger partial charge in [0, 0.05) is 18.8 Å². The van der Waals surface area contributed by atoms with Crippen LogP contribution < -0.4 is 5.32 Å². The number of likely N-dealkylation sites (N-methyl/N-ethyl adjacent to an activating group) is 1. The molecular formula is C18H27N3. The lowest BCUT2D eigenvalue weighted by atomic mass is 9.95. The van der Waals surface area contributed by atoms with Crippen molar-refractivity contribution in [1.82, 2.24) is 15.1 Å². The number of rotatable bonds is 5. The first-order valence-corrected chi connectivity index (χ1v) is 7.73. The van der Waals surface area contributed by atoms with Crippen molar-refractivity contribution in [3.05, 3.63) is 51.8 Å². The van der Waals surface area contributed by atoms with E-state index in [-0.39, 0.29) is 0 Å². The number of benzene rings is 1. The molecule has 0 aliphatic heterocycles. The van der Waals surface area contributed by atoms with Gasteiger partial charge in [0.2, 0.25) is 0 Å². The van der Waals surface area contributed by atoms with Crippen LogP contribution in [0.1, 0.15) is 46.6 Å². The van der Waals surface area contributed by atoms with Crippen molar-refractivity contribution >= 4 is 0 Å². The summed E-state index contributed by atoms with van der Waals surface area (Å²) in [6.07, 6.45) is 0.988. The molecule has 0 saturated carbocycles. The SMILES string of the molecule is CCNC(Cc1c(C)nn(C)c1C)c1cc(C)cc(C)c1. The molecule has 0 spiro atoms. The van der Waals surface area contributed by atoms with Crippen LogP contribution in [0.3, 0.4) is 0 Å². The zero-order valence-electron chi connectivity index (χ0n) is 14.1. The smallest absolute Gasteiger partial charge is 0.0629 e. The average molecular weight is 285 g/mol. The average Bonchev–Trinajstić information content (AvgIpc) is 2.63. The van der Waals surface area contributed by atoms with Crippen molar-refractivity contribution in [3.63, 3.8) is 0 Å². The Bertz CT molecular complexity index is 605. The molecule has 1 atom stereocenters. The van der Waals surface area contributed by atoms with Gasteiger partial charge in [-0.05, 0) is 51.8 Å². The third kappa shape index (κ3) is 3.53. The second-order valence-electron chi connectivity index (χ2n) is 6.01. The summed E-state index contributed by atoms with van der Waals surface area (Å²) in [6, 6.07) is 7.16. The summed E-state index contributed by atoms with van der Waals surface area (Å²) < 4.78 is 1.98. The van der Waals surface area contributed by atoms with E-state index in [1.54, 1.807) is 0 Å². The van der Waals surface area contributed by atoms with Gasteiger partial charge in [-0.25, -0.2) is 0 Å². The molecule has 0 radical (unpaired) electrons. The quantitative estimate of drug-likeness (QED) is 0.910. The standard InChI is InChI=1S/C18H27N3/c1-7-19-18(16-9-12(2)8-13(3)10-16)11-17-14(4)20-21(6)15(17)5/h8-10,18-19H,7,11H2,1-6H3. The van der Waals surface area contributed by atoms with Crippen LogP contribution in [0.2, 0.25) is 0 Å². The Kier molecular flexibility index (Phi) is 4.84. The van der Waals surface area contributed by atoms with Crippen molar-refractivity contribution in [2.75, 3.05) is 6.54 Å². The second-order valence-corrected chi connectivity index (χ2v) is 6.01. The van der Waals surface area contributed by atoms with Crippen molar-refractivity contribution < 1.29 is 0 Å². The van der Waals surface area contributed by atoms with Gasteiger partial charge in [0.25, 0.3) is 0 Å². The van der Waals surface area contributed by atoms with E-state index in [9.17, 15) is 0 Å². The van der Waals surface area contributed by atoms with E-state index in [0.717, 1.165) is 18.7 Å².